The summed E-state index contributed by atoms with van der Waals surface area (Å²) in [4.78, 5) is 24.7. The summed E-state index contributed by atoms with van der Waals surface area (Å²) < 4.78 is 13.5. The molecule has 20 heavy (non-hydrogen) atoms. The van der Waals surface area contributed by atoms with Gasteiger partial charge in [-0.05, 0) is 24.6 Å². The van der Waals surface area contributed by atoms with E-state index in [1.807, 2.05) is 6.92 Å². The zero-order chi connectivity index (χ0) is 15.1. The third-order valence-corrected chi connectivity index (χ3v) is 2.67. The van der Waals surface area contributed by atoms with Crippen molar-refractivity contribution in [1.29, 1.82) is 0 Å². The van der Waals surface area contributed by atoms with Crippen molar-refractivity contribution in [3.05, 3.63) is 29.6 Å². The predicted molar refractivity (Wildman–Crippen MR) is 74.0 cm³/mol. The number of halogens is 1. The summed E-state index contributed by atoms with van der Waals surface area (Å²) in [5.41, 5.74) is 0.251. The number of benzene rings is 1. The Morgan fingerprint density at radius 1 is 1.35 bits per heavy atom. The van der Waals surface area contributed by atoms with Crippen molar-refractivity contribution >= 4 is 17.5 Å². The summed E-state index contributed by atoms with van der Waals surface area (Å²) in [6, 6.07) is 3.81. The Hall–Kier alpha value is -1.95. The van der Waals surface area contributed by atoms with Crippen molar-refractivity contribution in [1.82, 2.24) is 4.90 Å². The molecule has 6 heteroatoms. The lowest BCUT2D eigenvalue weighted by Gasteiger charge is -2.21. The number of anilines is 1. The number of nitrogens with one attached hydrogen (secondary N) is 1. The van der Waals surface area contributed by atoms with Crippen LogP contribution in [0.2, 0.25) is 0 Å². The second-order valence-electron chi connectivity index (χ2n) is 4.39. The predicted octanol–water partition coefficient (Wildman–Crippen LogP) is 1.63. The lowest BCUT2D eigenvalue weighted by Crippen LogP contribution is -2.34. The normalized spacial score (nSPS) is 10.2. The van der Waals surface area contributed by atoms with Crippen molar-refractivity contribution in [3.63, 3.8) is 0 Å². The van der Waals surface area contributed by atoms with Gasteiger partial charge in [-0.15, -0.1) is 0 Å². The monoisotopic (exact) mass is 282 g/mol. The number of hydrogen-bond donors (Lipinski definition) is 2. The van der Waals surface area contributed by atoms with E-state index in [9.17, 15) is 14.0 Å². The van der Waals surface area contributed by atoms with Crippen LogP contribution in [0, 0.1) is 5.82 Å². The molecule has 0 aliphatic heterocycles. The standard InChI is InChI=1S/C14H19FN2O3/c1-3-6-17(7-8-18)14(20)11-4-5-12(15)13(9-11)16-10(2)19/h4-5,9,18H,3,6-8H2,1-2H3,(H,16,19). The van der Waals surface area contributed by atoms with E-state index < -0.39 is 11.7 Å². The van der Waals surface area contributed by atoms with Gasteiger partial charge in [-0.2, -0.15) is 0 Å². The van der Waals surface area contributed by atoms with E-state index in [1.54, 1.807) is 0 Å². The molecule has 1 aromatic carbocycles. The van der Waals surface area contributed by atoms with Crippen molar-refractivity contribution in [3.8, 4) is 0 Å². The number of carbonyl (C=O) groups is 2. The smallest absolute Gasteiger partial charge is 0.254 e. The first-order valence-electron chi connectivity index (χ1n) is 6.46. The number of amides is 2. The molecule has 0 bridgehead atoms. The number of carbonyl (C=O) groups excluding carboxylic acids is 2. The number of hydrogen-bond acceptors (Lipinski definition) is 3. The van der Waals surface area contributed by atoms with Gasteiger partial charge in [0.2, 0.25) is 5.91 Å². The van der Waals surface area contributed by atoms with Crippen LogP contribution in [0.25, 0.3) is 0 Å². The highest BCUT2D eigenvalue weighted by molar-refractivity contribution is 5.96. The van der Waals surface area contributed by atoms with Gasteiger partial charge < -0.3 is 15.3 Å². The second-order valence-corrected chi connectivity index (χ2v) is 4.39. The zero-order valence-corrected chi connectivity index (χ0v) is 11.6. The number of aliphatic hydroxyl groups is 1. The fraction of sp³-hybridized carbons (Fsp3) is 0.429. The molecule has 1 rings (SSSR count). The van der Waals surface area contributed by atoms with Crippen molar-refractivity contribution in [2.75, 3.05) is 25.0 Å². The lowest BCUT2D eigenvalue weighted by molar-refractivity contribution is -0.114. The zero-order valence-electron chi connectivity index (χ0n) is 11.6. The van der Waals surface area contributed by atoms with Crippen molar-refractivity contribution in [2.45, 2.75) is 20.3 Å². The first-order chi connectivity index (χ1) is 9.49. The Labute approximate surface area is 117 Å². The van der Waals surface area contributed by atoms with Crippen molar-refractivity contribution < 1.29 is 19.1 Å². The molecule has 0 saturated heterocycles. The molecular formula is C14H19FN2O3. The van der Waals surface area contributed by atoms with E-state index in [0.29, 0.717) is 6.54 Å². The Bertz CT molecular complexity index is 485. The van der Waals surface area contributed by atoms with Gasteiger partial charge in [-0.3, -0.25) is 9.59 Å². The maximum Gasteiger partial charge on any atom is 0.254 e. The molecule has 5 nitrogen and oxygen atoms in total. The topological polar surface area (TPSA) is 69.6 Å². The summed E-state index contributed by atoms with van der Waals surface area (Å²) in [6.07, 6.45) is 0.755. The lowest BCUT2D eigenvalue weighted by atomic mass is 10.1. The molecule has 0 unspecified atom stereocenters. The average Bonchev–Trinajstić information content (AvgIpc) is 2.40. The van der Waals surface area contributed by atoms with Gasteiger partial charge in [0, 0.05) is 25.6 Å². The molecule has 0 spiro atoms. The molecule has 2 amide bonds. The average molecular weight is 282 g/mol. The van der Waals surface area contributed by atoms with Gasteiger partial charge in [0.15, 0.2) is 0 Å². The summed E-state index contributed by atoms with van der Waals surface area (Å²) in [6.45, 7) is 3.78. The molecule has 0 fully saturated rings. The first kappa shape index (κ1) is 16.1. The van der Waals surface area contributed by atoms with Gasteiger partial charge in [-0.1, -0.05) is 6.92 Å². The molecule has 0 atom stereocenters. The third kappa shape index (κ3) is 4.31. The van der Waals surface area contributed by atoms with E-state index in [4.69, 9.17) is 5.11 Å². The molecule has 1 aromatic rings. The minimum absolute atomic E-state index is 0.0243. The Morgan fingerprint density at radius 2 is 2.05 bits per heavy atom. The molecular weight excluding hydrogens is 263 g/mol. The quantitative estimate of drug-likeness (QED) is 0.833. The van der Waals surface area contributed by atoms with Crippen molar-refractivity contribution in [2.24, 2.45) is 0 Å². The number of rotatable bonds is 6. The van der Waals surface area contributed by atoms with E-state index in [2.05, 4.69) is 5.32 Å². The SMILES string of the molecule is CCCN(CCO)C(=O)c1ccc(F)c(NC(C)=O)c1. The van der Waals surface area contributed by atoms with Crippen LogP contribution in [-0.2, 0) is 4.79 Å². The van der Waals surface area contributed by atoms with E-state index in [-0.39, 0.29) is 30.3 Å². The molecule has 0 aliphatic rings. The number of aliphatic hydroxyl groups excluding tert-OH is 1. The Morgan fingerprint density at radius 3 is 2.60 bits per heavy atom. The first-order valence-corrected chi connectivity index (χ1v) is 6.46. The van der Waals surface area contributed by atoms with Gasteiger partial charge in [-0.25, -0.2) is 4.39 Å². The minimum Gasteiger partial charge on any atom is -0.395 e. The molecule has 0 heterocycles. The summed E-state index contributed by atoms with van der Waals surface area (Å²) in [5.74, 6) is -1.30. The number of nitrogens with zero attached hydrogens (tertiary/aromatic N) is 1. The highest BCUT2D eigenvalue weighted by Gasteiger charge is 2.16. The van der Waals surface area contributed by atoms with Gasteiger partial charge in [0.25, 0.3) is 5.91 Å². The highest BCUT2D eigenvalue weighted by atomic mass is 19.1. The highest BCUT2D eigenvalue weighted by Crippen LogP contribution is 2.17. The van der Waals surface area contributed by atoms with Gasteiger partial charge >= 0.3 is 0 Å². The second kappa shape index (κ2) is 7.59. The fourth-order valence-electron chi connectivity index (χ4n) is 1.83. The van der Waals surface area contributed by atoms with E-state index >= 15 is 0 Å². The van der Waals surface area contributed by atoms with Crippen LogP contribution in [-0.4, -0.2) is 41.5 Å². The minimum atomic E-state index is -0.596. The van der Waals surface area contributed by atoms with Gasteiger partial charge in [0.1, 0.15) is 5.82 Å². The Balaban J connectivity index is 2.99. The maximum absolute atomic E-state index is 13.5. The summed E-state index contributed by atoms with van der Waals surface area (Å²) in [7, 11) is 0. The van der Waals surface area contributed by atoms with Crippen LogP contribution in [0.4, 0.5) is 10.1 Å². The maximum atomic E-state index is 13.5. The molecule has 0 radical (unpaired) electrons. The Kier molecular flexibility index (Phi) is 6.11. The summed E-state index contributed by atoms with van der Waals surface area (Å²) >= 11 is 0. The molecule has 0 aliphatic carbocycles. The van der Waals surface area contributed by atoms with Crippen LogP contribution in [0.5, 0.6) is 0 Å². The van der Waals surface area contributed by atoms with Crippen LogP contribution >= 0.6 is 0 Å². The van der Waals surface area contributed by atoms with E-state index in [1.165, 1.54) is 24.0 Å². The van der Waals surface area contributed by atoms with Crippen LogP contribution < -0.4 is 5.32 Å². The van der Waals surface area contributed by atoms with Crippen LogP contribution in [0.15, 0.2) is 18.2 Å². The molecule has 0 aromatic heterocycles. The molecule has 110 valence electrons. The van der Waals surface area contributed by atoms with Crippen LogP contribution in [0.3, 0.4) is 0 Å². The van der Waals surface area contributed by atoms with Crippen LogP contribution in [0.1, 0.15) is 30.6 Å². The molecule has 2 N–H and O–H groups in total. The fourth-order valence-corrected chi connectivity index (χ4v) is 1.83. The van der Waals surface area contributed by atoms with E-state index in [0.717, 1.165) is 12.5 Å². The largest absolute Gasteiger partial charge is 0.395 e. The summed E-state index contributed by atoms with van der Waals surface area (Å²) in [5, 5.41) is 11.3. The van der Waals surface area contributed by atoms with Gasteiger partial charge in [0.05, 0.1) is 12.3 Å². The third-order valence-electron chi connectivity index (χ3n) is 2.67. The molecule has 0 saturated carbocycles.